The molecule has 0 radical (unpaired) electrons. The molecule has 0 saturated heterocycles. The highest BCUT2D eigenvalue weighted by Gasteiger charge is 2.48. The number of hydrogen-bond donors (Lipinski definition) is 1. The lowest BCUT2D eigenvalue weighted by Crippen LogP contribution is -2.64. The van der Waals surface area contributed by atoms with Crippen molar-refractivity contribution in [2.24, 2.45) is 0 Å². The Hall–Kier alpha value is -3.41. The predicted molar refractivity (Wildman–Crippen MR) is 141 cm³/mol. The third-order valence-corrected chi connectivity index (χ3v) is 7.82. The van der Waals surface area contributed by atoms with Crippen LogP contribution >= 0.6 is 0 Å². The molecule has 2 aliphatic rings. The van der Waals surface area contributed by atoms with Gasteiger partial charge in [-0.2, -0.15) is 5.10 Å². The summed E-state index contributed by atoms with van der Waals surface area (Å²) < 4.78 is 1.74. The molecule has 2 heterocycles. The topological polar surface area (TPSA) is 67.2 Å². The first kappa shape index (κ1) is 24.3. The molecule has 1 saturated carbocycles. The van der Waals surface area contributed by atoms with Crippen molar-refractivity contribution in [2.45, 2.75) is 83.5 Å². The van der Waals surface area contributed by atoms with Gasteiger partial charge >= 0.3 is 0 Å². The van der Waals surface area contributed by atoms with Crippen LogP contribution in [0.3, 0.4) is 0 Å². The van der Waals surface area contributed by atoms with Crippen molar-refractivity contribution in [2.75, 3.05) is 0 Å². The molecule has 1 aromatic heterocycles. The minimum Gasteiger partial charge on any atom is -0.351 e. The van der Waals surface area contributed by atoms with E-state index in [1.807, 2.05) is 43.3 Å². The number of nitrogens with one attached hydrogen (secondary N) is 1. The van der Waals surface area contributed by atoms with Crippen LogP contribution < -0.4 is 5.32 Å². The zero-order valence-corrected chi connectivity index (χ0v) is 21.4. The van der Waals surface area contributed by atoms with Crippen molar-refractivity contribution in [3.05, 3.63) is 77.5 Å². The maximum Gasteiger partial charge on any atom is 0.273 e. The average molecular weight is 485 g/mol. The van der Waals surface area contributed by atoms with E-state index in [0.717, 1.165) is 48.9 Å². The molecule has 1 aliphatic carbocycles. The van der Waals surface area contributed by atoms with Crippen LogP contribution in [0.25, 0.3) is 11.3 Å². The molecule has 188 valence electrons. The SMILES string of the molecule is CCc1ccc(-c2cc3n(n2)C[C@@](C)(C(=O)NC2CCCCCC2)N(Cc2ccccc2)C3=O)cc1. The largest absolute Gasteiger partial charge is 0.351 e. The number of rotatable bonds is 6. The van der Waals surface area contributed by atoms with Gasteiger partial charge in [-0.15, -0.1) is 0 Å². The van der Waals surface area contributed by atoms with Gasteiger partial charge in [-0.25, -0.2) is 0 Å². The van der Waals surface area contributed by atoms with E-state index in [4.69, 9.17) is 5.10 Å². The summed E-state index contributed by atoms with van der Waals surface area (Å²) in [6.07, 6.45) is 7.69. The fourth-order valence-electron chi connectivity index (χ4n) is 5.47. The Morgan fingerprint density at radius 2 is 1.69 bits per heavy atom. The van der Waals surface area contributed by atoms with Gasteiger partial charge in [0.25, 0.3) is 5.91 Å². The van der Waals surface area contributed by atoms with Gasteiger partial charge in [-0.3, -0.25) is 14.3 Å². The molecule has 1 fully saturated rings. The molecule has 6 heteroatoms. The molecule has 6 nitrogen and oxygen atoms in total. The Bertz CT molecular complexity index is 1210. The summed E-state index contributed by atoms with van der Waals surface area (Å²) >= 11 is 0. The Morgan fingerprint density at radius 1 is 1.00 bits per heavy atom. The van der Waals surface area contributed by atoms with Crippen molar-refractivity contribution in [1.29, 1.82) is 0 Å². The quantitative estimate of drug-likeness (QED) is 0.479. The molecule has 36 heavy (non-hydrogen) atoms. The summed E-state index contributed by atoms with van der Waals surface area (Å²) in [5.41, 5.74) is 3.48. The summed E-state index contributed by atoms with van der Waals surface area (Å²) in [5, 5.41) is 8.11. The summed E-state index contributed by atoms with van der Waals surface area (Å²) in [6, 6.07) is 20.2. The van der Waals surface area contributed by atoms with E-state index < -0.39 is 5.54 Å². The highest BCUT2D eigenvalue weighted by molar-refractivity contribution is 6.00. The second-order valence-corrected chi connectivity index (χ2v) is 10.4. The van der Waals surface area contributed by atoms with Crippen LogP contribution in [0.1, 0.15) is 74.0 Å². The van der Waals surface area contributed by atoms with E-state index in [1.54, 1.807) is 9.58 Å². The van der Waals surface area contributed by atoms with Gasteiger partial charge < -0.3 is 10.2 Å². The number of fused-ring (bicyclic) bond motifs is 1. The smallest absolute Gasteiger partial charge is 0.273 e. The Morgan fingerprint density at radius 3 is 2.36 bits per heavy atom. The molecular weight excluding hydrogens is 448 g/mol. The lowest BCUT2D eigenvalue weighted by atomic mass is 9.93. The lowest BCUT2D eigenvalue weighted by Gasteiger charge is -2.44. The molecule has 5 rings (SSSR count). The lowest BCUT2D eigenvalue weighted by molar-refractivity contribution is -0.134. The van der Waals surface area contributed by atoms with Crippen LogP contribution in [-0.2, 0) is 24.3 Å². The van der Waals surface area contributed by atoms with E-state index in [0.29, 0.717) is 18.8 Å². The minimum absolute atomic E-state index is 0.0892. The number of nitrogens with zero attached hydrogens (tertiary/aromatic N) is 3. The normalized spacial score (nSPS) is 20.6. The summed E-state index contributed by atoms with van der Waals surface area (Å²) in [6.45, 7) is 4.72. The average Bonchev–Trinajstić information content (AvgIpc) is 3.15. The van der Waals surface area contributed by atoms with Crippen LogP contribution in [0, 0.1) is 0 Å². The van der Waals surface area contributed by atoms with Crippen molar-refractivity contribution < 1.29 is 9.59 Å². The summed E-state index contributed by atoms with van der Waals surface area (Å²) in [7, 11) is 0. The van der Waals surface area contributed by atoms with E-state index in [-0.39, 0.29) is 17.9 Å². The molecule has 3 aromatic rings. The number of carbonyl (C=O) groups excluding carboxylic acids is 2. The van der Waals surface area contributed by atoms with Crippen LogP contribution in [0.15, 0.2) is 60.7 Å². The number of amides is 2. The predicted octanol–water partition coefficient (Wildman–Crippen LogP) is 5.37. The molecular formula is C30H36N4O2. The maximum absolute atomic E-state index is 13.9. The zero-order chi connectivity index (χ0) is 25.1. The molecule has 1 aliphatic heterocycles. The van der Waals surface area contributed by atoms with Gasteiger partial charge in [0.2, 0.25) is 5.91 Å². The zero-order valence-electron chi connectivity index (χ0n) is 21.4. The number of carbonyl (C=O) groups is 2. The molecule has 1 N–H and O–H groups in total. The summed E-state index contributed by atoms with van der Waals surface area (Å²) in [5.74, 6) is -0.249. The Balaban J connectivity index is 1.48. The van der Waals surface area contributed by atoms with Gasteiger partial charge in [-0.05, 0) is 43.4 Å². The first-order valence-corrected chi connectivity index (χ1v) is 13.3. The minimum atomic E-state index is -1.04. The van der Waals surface area contributed by atoms with E-state index in [2.05, 4.69) is 36.5 Å². The van der Waals surface area contributed by atoms with Gasteiger partial charge in [0.15, 0.2) is 0 Å². The fraction of sp³-hybridized carbons (Fsp3) is 0.433. The molecule has 1 atom stereocenters. The summed E-state index contributed by atoms with van der Waals surface area (Å²) in [4.78, 5) is 29.5. The Kier molecular flexibility index (Phi) is 6.95. The van der Waals surface area contributed by atoms with E-state index in [1.165, 1.54) is 18.4 Å². The second kappa shape index (κ2) is 10.3. The van der Waals surface area contributed by atoms with Gasteiger partial charge in [-0.1, -0.05) is 87.2 Å². The Labute approximate surface area is 213 Å². The molecule has 0 spiro atoms. The first-order valence-electron chi connectivity index (χ1n) is 13.3. The van der Waals surface area contributed by atoms with Gasteiger partial charge in [0.05, 0.1) is 12.2 Å². The van der Waals surface area contributed by atoms with Gasteiger partial charge in [0.1, 0.15) is 11.2 Å². The second-order valence-electron chi connectivity index (χ2n) is 10.4. The van der Waals surface area contributed by atoms with Crippen LogP contribution in [0.4, 0.5) is 0 Å². The van der Waals surface area contributed by atoms with Crippen molar-refractivity contribution >= 4 is 11.8 Å². The van der Waals surface area contributed by atoms with Gasteiger partial charge in [0, 0.05) is 18.2 Å². The van der Waals surface area contributed by atoms with Crippen LogP contribution in [0.5, 0.6) is 0 Å². The molecule has 2 aromatic carbocycles. The van der Waals surface area contributed by atoms with Crippen molar-refractivity contribution in [3.8, 4) is 11.3 Å². The monoisotopic (exact) mass is 484 g/mol. The highest BCUT2D eigenvalue weighted by atomic mass is 16.2. The van der Waals surface area contributed by atoms with Crippen molar-refractivity contribution in [1.82, 2.24) is 20.0 Å². The molecule has 2 amide bonds. The molecule has 0 bridgehead atoms. The van der Waals surface area contributed by atoms with E-state index >= 15 is 0 Å². The number of aryl methyl sites for hydroxylation is 1. The third kappa shape index (κ3) is 4.81. The van der Waals surface area contributed by atoms with Crippen LogP contribution in [0.2, 0.25) is 0 Å². The fourth-order valence-corrected chi connectivity index (χ4v) is 5.47. The highest BCUT2D eigenvalue weighted by Crippen LogP contribution is 2.32. The third-order valence-electron chi connectivity index (χ3n) is 7.82. The number of hydrogen-bond acceptors (Lipinski definition) is 3. The van der Waals surface area contributed by atoms with Crippen molar-refractivity contribution in [3.63, 3.8) is 0 Å². The number of benzene rings is 2. The first-order chi connectivity index (χ1) is 17.5. The maximum atomic E-state index is 13.9. The molecule has 0 unspecified atom stereocenters. The number of aromatic nitrogens is 2. The van der Waals surface area contributed by atoms with Crippen LogP contribution in [-0.4, -0.2) is 38.1 Å². The standard InChI is InChI=1S/C30H36N4O2/c1-3-22-15-17-24(18-16-22)26-19-27-28(35)33(20-23-11-7-6-8-12-23)30(2,21-34(27)32-26)29(36)31-25-13-9-4-5-10-14-25/h6-8,11-12,15-19,25H,3-5,9-10,13-14,20-21H2,1-2H3,(H,31,36)/t30-/m0/s1. The van der Waals surface area contributed by atoms with E-state index in [9.17, 15) is 9.59 Å².